The van der Waals surface area contributed by atoms with Crippen LogP contribution >= 0.6 is 0 Å². The molecule has 0 saturated heterocycles. The second kappa shape index (κ2) is 6.66. The van der Waals surface area contributed by atoms with Crippen LogP contribution in [0.5, 0.6) is 0 Å². The minimum absolute atomic E-state index is 0.184. The molecule has 1 aliphatic rings. The van der Waals surface area contributed by atoms with Gasteiger partial charge in [0.05, 0.1) is 6.61 Å². The summed E-state index contributed by atoms with van der Waals surface area (Å²) < 4.78 is 8.91. The summed E-state index contributed by atoms with van der Waals surface area (Å²) in [5.74, 6) is -0.00909. The van der Waals surface area contributed by atoms with Crippen molar-refractivity contribution in [1.82, 2.24) is 18.7 Å². The molecule has 3 heterocycles. The largest absolute Gasteiger partial charge is 0.465 e. The zero-order valence-electron chi connectivity index (χ0n) is 16.0. The lowest BCUT2D eigenvalue weighted by Crippen LogP contribution is -2.41. The summed E-state index contributed by atoms with van der Waals surface area (Å²) in [4.78, 5) is 44.1. The Bertz CT molecular complexity index is 1200. The highest BCUT2D eigenvalue weighted by molar-refractivity contribution is 5.78. The van der Waals surface area contributed by atoms with Crippen LogP contribution in [0.25, 0.3) is 11.2 Å². The molecular weight excluding hydrogens is 362 g/mol. The molecule has 0 unspecified atom stereocenters. The van der Waals surface area contributed by atoms with Crippen molar-refractivity contribution in [3.8, 4) is 0 Å². The fourth-order valence-electron chi connectivity index (χ4n) is 3.59. The molecule has 0 atom stereocenters. The van der Waals surface area contributed by atoms with Crippen molar-refractivity contribution in [2.45, 2.75) is 26.9 Å². The smallest absolute Gasteiger partial charge is 0.333 e. The third-order valence-corrected chi connectivity index (χ3v) is 4.91. The van der Waals surface area contributed by atoms with Gasteiger partial charge < -0.3 is 14.2 Å². The Balaban J connectivity index is 1.89. The average Bonchev–Trinajstić information content (AvgIpc) is 3.23. The van der Waals surface area contributed by atoms with Crippen LogP contribution in [0.15, 0.2) is 33.9 Å². The van der Waals surface area contributed by atoms with Gasteiger partial charge in [0.1, 0.15) is 6.54 Å². The fourth-order valence-corrected chi connectivity index (χ4v) is 3.59. The summed E-state index contributed by atoms with van der Waals surface area (Å²) >= 11 is 0. The van der Waals surface area contributed by atoms with E-state index in [9.17, 15) is 14.4 Å². The number of aryl methyl sites for hydroxylation is 2. The molecule has 0 saturated carbocycles. The molecule has 0 spiro atoms. The summed E-state index contributed by atoms with van der Waals surface area (Å²) in [7, 11) is 1.55. The van der Waals surface area contributed by atoms with E-state index in [1.165, 1.54) is 4.57 Å². The number of nitrogens with zero attached hydrogens (tertiary/aromatic N) is 5. The topological polar surface area (TPSA) is 91.4 Å². The van der Waals surface area contributed by atoms with Gasteiger partial charge >= 0.3 is 11.7 Å². The average molecular weight is 383 g/mol. The molecule has 9 heteroatoms. The van der Waals surface area contributed by atoms with Crippen molar-refractivity contribution in [2.24, 2.45) is 7.05 Å². The summed E-state index contributed by atoms with van der Waals surface area (Å²) in [6.45, 7) is 4.68. The van der Waals surface area contributed by atoms with Gasteiger partial charge in [-0.2, -0.15) is 4.98 Å². The second-order valence-electron chi connectivity index (χ2n) is 6.76. The number of ether oxygens (including phenoxy) is 1. The Hall–Kier alpha value is -3.36. The highest BCUT2D eigenvalue weighted by Gasteiger charge is 2.29. The molecule has 1 aliphatic heterocycles. The lowest BCUT2D eigenvalue weighted by Gasteiger charge is -2.16. The van der Waals surface area contributed by atoms with Crippen molar-refractivity contribution < 1.29 is 9.53 Å². The van der Waals surface area contributed by atoms with Crippen molar-refractivity contribution >= 4 is 28.8 Å². The van der Waals surface area contributed by atoms with Crippen LogP contribution in [0.2, 0.25) is 0 Å². The maximum atomic E-state index is 13.0. The van der Waals surface area contributed by atoms with Gasteiger partial charge in [-0.15, -0.1) is 0 Å². The number of hydrogen-bond acceptors (Lipinski definition) is 6. The molecule has 0 bridgehead atoms. The number of benzene rings is 1. The van der Waals surface area contributed by atoms with Crippen LogP contribution in [0, 0.1) is 6.92 Å². The number of rotatable bonds is 4. The first-order chi connectivity index (χ1) is 13.4. The normalized spacial score (nSPS) is 13.2. The number of imidazole rings is 1. The van der Waals surface area contributed by atoms with E-state index in [1.807, 2.05) is 36.1 Å². The lowest BCUT2D eigenvalue weighted by atomic mass is 10.2. The number of hydrogen-bond donors (Lipinski definition) is 0. The van der Waals surface area contributed by atoms with Crippen molar-refractivity contribution in [3.05, 3.63) is 50.7 Å². The van der Waals surface area contributed by atoms with Crippen molar-refractivity contribution in [2.75, 3.05) is 18.1 Å². The minimum atomic E-state index is -0.622. The maximum Gasteiger partial charge on any atom is 0.333 e. The zero-order chi connectivity index (χ0) is 20.0. The van der Waals surface area contributed by atoms with Crippen LogP contribution in [0.4, 0.5) is 11.6 Å². The van der Waals surface area contributed by atoms with E-state index in [0.29, 0.717) is 30.2 Å². The van der Waals surface area contributed by atoms with E-state index < -0.39 is 23.8 Å². The number of aromatic nitrogens is 4. The summed E-state index contributed by atoms with van der Waals surface area (Å²) in [6.07, 6.45) is 0. The number of fused-ring (bicyclic) bond motifs is 3. The minimum Gasteiger partial charge on any atom is -0.465 e. The molecule has 28 heavy (non-hydrogen) atoms. The molecule has 0 aliphatic carbocycles. The highest BCUT2D eigenvalue weighted by Crippen LogP contribution is 2.31. The third kappa shape index (κ3) is 2.70. The first-order valence-electron chi connectivity index (χ1n) is 9.12. The van der Waals surface area contributed by atoms with Crippen molar-refractivity contribution in [1.29, 1.82) is 0 Å². The van der Waals surface area contributed by atoms with Gasteiger partial charge in [-0.3, -0.25) is 14.2 Å². The number of carbonyl (C=O) groups is 1. The molecule has 3 aromatic rings. The summed E-state index contributed by atoms with van der Waals surface area (Å²) in [6, 6.07) is 8.02. The van der Waals surface area contributed by atoms with E-state index >= 15 is 0 Å². The standard InChI is InChI=1S/C19H21N5O4/c1-4-28-14(25)11-24-17(26)15-16(21(3)19(24)27)20-18-22(8-9-23(15)18)13-7-5-6-12(2)10-13/h5-7,10H,4,8-9,11H2,1-3H3. The molecule has 146 valence electrons. The molecule has 0 fully saturated rings. The van der Waals surface area contributed by atoms with E-state index in [0.717, 1.165) is 15.8 Å². The van der Waals surface area contributed by atoms with Crippen LogP contribution in [0.1, 0.15) is 12.5 Å². The number of esters is 1. The predicted molar refractivity (Wildman–Crippen MR) is 104 cm³/mol. The Morgan fingerprint density at radius 1 is 1.25 bits per heavy atom. The first-order valence-corrected chi connectivity index (χ1v) is 9.12. The van der Waals surface area contributed by atoms with E-state index in [1.54, 1.807) is 18.5 Å². The SMILES string of the molecule is CCOC(=O)Cn1c(=O)c2c(nc3n2CCN3c2cccc(C)c2)n(C)c1=O. The molecular formula is C19H21N5O4. The van der Waals surface area contributed by atoms with Gasteiger partial charge in [0.25, 0.3) is 5.56 Å². The predicted octanol–water partition coefficient (Wildman–Crippen LogP) is 0.920. The Labute approximate surface area is 160 Å². The quantitative estimate of drug-likeness (QED) is 0.622. The maximum absolute atomic E-state index is 13.0. The molecule has 0 radical (unpaired) electrons. The summed E-state index contributed by atoms with van der Waals surface area (Å²) in [5, 5.41) is 0. The Morgan fingerprint density at radius 2 is 2.04 bits per heavy atom. The van der Waals surface area contributed by atoms with Crippen LogP contribution in [-0.2, 0) is 29.7 Å². The number of carbonyl (C=O) groups excluding carboxylic acids is 1. The third-order valence-electron chi connectivity index (χ3n) is 4.91. The molecule has 4 rings (SSSR count). The number of anilines is 2. The van der Waals surface area contributed by atoms with Crippen LogP contribution in [0.3, 0.4) is 0 Å². The van der Waals surface area contributed by atoms with Crippen molar-refractivity contribution in [3.63, 3.8) is 0 Å². The second-order valence-corrected chi connectivity index (χ2v) is 6.76. The first kappa shape index (κ1) is 18.0. The van der Waals surface area contributed by atoms with Gasteiger partial charge in [0.15, 0.2) is 11.2 Å². The van der Waals surface area contributed by atoms with Crippen LogP contribution in [-0.4, -0.2) is 37.8 Å². The molecule has 0 amide bonds. The molecule has 2 aromatic heterocycles. The summed E-state index contributed by atoms with van der Waals surface area (Å²) in [5.41, 5.74) is 1.60. The molecule has 0 N–H and O–H groups in total. The fraction of sp³-hybridized carbons (Fsp3) is 0.368. The van der Waals surface area contributed by atoms with Gasteiger partial charge in [-0.25, -0.2) is 9.36 Å². The van der Waals surface area contributed by atoms with Gasteiger partial charge in [0, 0.05) is 25.8 Å². The molecule has 1 aromatic carbocycles. The lowest BCUT2D eigenvalue weighted by molar-refractivity contribution is -0.143. The zero-order valence-corrected chi connectivity index (χ0v) is 16.0. The van der Waals surface area contributed by atoms with E-state index in [4.69, 9.17) is 4.74 Å². The van der Waals surface area contributed by atoms with Gasteiger partial charge in [-0.1, -0.05) is 12.1 Å². The molecule has 9 nitrogen and oxygen atoms in total. The van der Waals surface area contributed by atoms with Gasteiger partial charge in [0.2, 0.25) is 5.95 Å². The Morgan fingerprint density at radius 3 is 2.75 bits per heavy atom. The van der Waals surface area contributed by atoms with Crippen LogP contribution < -0.4 is 16.1 Å². The van der Waals surface area contributed by atoms with Gasteiger partial charge in [-0.05, 0) is 31.5 Å². The monoisotopic (exact) mass is 383 g/mol. The Kier molecular flexibility index (Phi) is 4.29. The highest BCUT2D eigenvalue weighted by atomic mass is 16.5. The van der Waals surface area contributed by atoms with E-state index in [-0.39, 0.29) is 6.61 Å². The van der Waals surface area contributed by atoms with E-state index in [2.05, 4.69) is 4.98 Å².